The summed E-state index contributed by atoms with van der Waals surface area (Å²) in [6.45, 7) is 0.366. The Bertz CT molecular complexity index is 484. The molecule has 1 aliphatic rings. The van der Waals surface area contributed by atoms with E-state index < -0.39 is 16.6 Å². The molecule has 1 N–H and O–H groups in total. The van der Waals surface area contributed by atoms with Gasteiger partial charge in [0.05, 0.1) is 17.1 Å². The van der Waals surface area contributed by atoms with Crippen molar-refractivity contribution in [2.24, 2.45) is 5.92 Å². The number of carboxylic acids is 1. The van der Waals surface area contributed by atoms with Crippen molar-refractivity contribution in [1.29, 1.82) is 0 Å². The molecule has 1 saturated carbocycles. The van der Waals surface area contributed by atoms with Crippen molar-refractivity contribution in [2.45, 2.75) is 19.3 Å². The van der Waals surface area contributed by atoms with Crippen LogP contribution >= 0.6 is 0 Å². The normalized spacial score (nSPS) is 14.2. The monoisotopic (exact) mass is 252 g/mol. The Balaban J connectivity index is 2.11. The summed E-state index contributed by atoms with van der Waals surface area (Å²) in [5.41, 5.74) is -0.637. The number of hydrogen-bond donors (Lipinski definition) is 1. The Hall–Kier alpha value is -2.18. The number of pyridine rings is 1. The first-order valence-electron chi connectivity index (χ1n) is 5.58. The van der Waals surface area contributed by atoms with Gasteiger partial charge in [-0.05, 0) is 12.3 Å². The van der Waals surface area contributed by atoms with Crippen LogP contribution in [0, 0.1) is 16.0 Å². The average Bonchev–Trinajstić information content (AvgIpc) is 3.13. The third kappa shape index (κ3) is 2.93. The van der Waals surface area contributed by atoms with Gasteiger partial charge in [0.1, 0.15) is 0 Å². The van der Waals surface area contributed by atoms with Crippen LogP contribution in [0.2, 0.25) is 0 Å². The van der Waals surface area contributed by atoms with E-state index in [-0.39, 0.29) is 11.4 Å². The first-order chi connectivity index (χ1) is 8.58. The summed E-state index contributed by atoms with van der Waals surface area (Å²) in [4.78, 5) is 24.5. The highest BCUT2D eigenvalue weighted by Crippen LogP contribution is 2.33. The smallest absolute Gasteiger partial charge is 0.337 e. The van der Waals surface area contributed by atoms with Crippen molar-refractivity contribution < 1.29 is 19.6 Å². The van der Waals surface area contributed by atoms with Crippen LogP contribution in [-0.4, -0.2) is 27.6 Å². The van der Waals surface area contributed by atoms with Crippen LogP contribution in [0.4, 0.5) is 5.69 Å². The van der Waals surface area contributed by atoms with E-state index in [4.69, 9.17) is 9.84 Å². The van der Waals surface area contributed by atoms with E-state index in [1.54, 1.807) is 0 Å². The molecule has 1 fully saturated rings. The lowest BCUT2D eigenvalue weighted by molar-refractivity contribution is -0.386. The van der Waals surface area contributed by atoms with Gasteiger partial charge in [0.2, 0.25) is 0 Å². The predicted octanol–water partition coefficient (Wildman–Crippen LogP) is 1.87. The summed E-state index contributed by atoms with van der Waals surface area (Å²) < 4.78 is 5.24. The number of nitro groups is 1. The third-order valence-electron chi connectivity index (χ3n) is 2.74. The molecule has 96 valence electrons. The maximum Gasteiger partial charge on any atom is 0.337 e. The lowest BCUT2D eigenvalue weighted by Gasteiger charge is -2.05. The molecule has 7 heteroatoms. The molecule has 0 spiro atoms. The van der Waals surface area contributed by atoms with Crippen LogP contribution in [0.15, 0.2) is 12.3 Å². The van der Waals surface area contributed by atoms with Crippen LogP contribution in [-0.2, 0) is 0 Å². The van der Waals surface area contributed by atoms with Gasteiger partial charge in [-0.3, -0.25) is 10.1 Å². The first-order valence-corrected chi connectivity index (χ1v) is 5.58. The van der Waals surface area contributed by atoms with E-state index in [1.807, 2.05) is 0 Å². The topological polar surface area (TPSA) is 103 Å². The summed E-state index contributed by atoms with van der Waals surface area (Å²) >= 11 is 0. The van der Waals surface area contributed by atoms with Gasteiger partial charge in [-0.2, -0.15) is 0 Å². The maximum absolute atomic E-state index is 10.8. The van der Waals surface area contributed by atoms with Crippen molar-refractivity contribution >= 4 is 11.7 Å². The lowest BCUT2D eigenvalue weighted by Crippen LogP contribution is -2.05. The first kappa shape index (κ1) is 12.3. The number of hydrogen-bond acceptors (Lipinski definition) is 5. The lowest BCUT2D eigenvalue weighted by atomic mass is 10.2. The molecule has 0 atom stereocenters. The highest BCUT2D eigenvalue weighted by Gasteiger charge is 2.23. The fourth-order valence-corrected chi connectivity index (χ4v) is 1.53. The molecule has 0 bridgehead atoms. The second kappa shape index (κ2) is 4.99. The number of aromatic nitrogens is 1. The minimum Gasteiger partial charge on any atom is -0.478 e. The van der Waals surface area contributed by atoms with Crippen molar-refractivity contribution in [3.05, 3.63) is 27.9 Å². The van der Waals surface area contributed by atoms with Gasteiger partial charge in [-0.1, -0.05) is 12.8 Å². The zero-order valence-electron chi connectivity index (χ0n) is 9.54. The SMILES string of the molecule is O=C(O)c1cnc(OCCC2CC2)c([N+](=O)[O-])c1. The van der Waals surface area contributed by atoms with Gasteiger partial charge in [0.15, 0.2) is 0 Å². The molecule has 0 unspecified atom stereocenters. The fraction of sp³-hybridized carbons (Fsp3) is 0.455. The number of nitrogens with zero attached hydrogens (tertiary/aromatic N) is 2. The van der Waals surface area contributed by atoms with Crippen molar-refractivity contribution in [1.82, 2.24) is 4.98 Å². The molecule has 0 saturated heterocycles. The van der Waals surface area contributed by atoms with Gasteiger partial charge in [-0.25, -0.2) is 9.78 Å². The number of ether oxygens (including phenoxy) is 1. The zero-order valence-corrected chi connectivity index (χ0v) is 9.54. The third-order valence-corrected chi connectivity index (χ3v) is 2.74. The van der Waals surface area contributed by atoms with Crippen molar-refractivity contribution in [3.8, 4) is 5.88 Å². The van der Waals surface area contributed by atoms with Gasteiger partial charge in [0.25, 0.3) is 5.88 Å². The van der Waals surface area contributed by atoms with E-state index in [1.165, 1.54) is 12.8 Å². The minimum atomic E-state index is -1.25. The van der Waals surface area contributed by atoms with Crippen molar-refractivity contribution in [3.63, 3.8) is 0 Å². The summed E-state index contributed by atoms with van der Waals surface area (Å²) in [6.07, 6.45) is 4.26. The Morgan fingerprint density at radius 3 is 2.89 bits per heavy atom. The number of rotatable bonds is 6. The van der Waals surface area contributed by atoms with E-state index in [2.05, 4.69) is 4.98 Å². The van der Waals surface area contributed by atoms with Gasteiger partial charge in [-0.15, -0.1) is 0 Å². The highest BCUT2D eigenvalue weighted by atomic mass is 16.6. The summed E-state index contributed by atoms with van der Waals surface area (Å²) in [6, 6.07) is 0.960. The Morgan fingerprint density at radius 1 is 1.61 bits per heavy atom. The molecule has 1 aromatic heterocycles. The number of aromatic carboxylic acids is 1. The second-order valence-electron chi connectivity index (χ2n) is 4.19. The van der Waals surface area contributed by atoms with Gasteiger partial charge < -0.3 is 9.84 Å². The molecule has 0 radical (unpaired) electrons. The molecule has 7 nitrogen and oxygen atoms in total. The Labute approximate surface area is 103 Å². The van der Waals surface area contributed by atoms with E-state index in [0.717, 1.165) is 18.7 Å². The Kier molecular flexibility index (Phi) is 3.40. The molecule has 1 aliphatic carbocycles. The molecule has 1 aromatic rings. The largest absolute Gasteiger partial charge is 0.478 e. The summed E-state index contributed by atoms with van der Waals surface area (Å²) in [5, 5.41) is 19.5. The second-order valence-corrected chi connectivity index (χ2v) is 4.19. The zero-order chi connectivity index (χ0) is 13.1. The molecular formula is C11H12N2O5. The highest BCUT2D eigenvalue weighted by molar-refractivity contribution is 5.88. The fourth-order valence-electron chi connectivity index (χ4n) is 1.53. The molecule has 0 amide bonds. The summed E-state index contributed by atoms with van der Waals surface area (Å²) in [7, 11) is 0. The van der Waals surface area contributed by atoms with Gasteiger partial charge in [0, 0.05) is 12.3 Å². The average molecular weight is 252 g/mol. The van der Waals surface area contributed by atoms with Gasteiger partial charge >= 0.3 is 11.7 Å². The number of carbonyl (C=O) groups is 1. The van der Waals surface area contributed by atoms with Crippen molar-refractivity contribution in [2.75, 3.05) is 6.61 Å². The van der Waals surface area contributed by atoms with Crippen LogP contribution in [0.5, 0.6) is 5.88 Å². The molecule has 18 heavy (non-hydrogen) atoms. The minimum absolute atomic E-state index is 0.120. The Morgan fingerprint density at radius 2 is 2.33 bits per heavy atom. The maximum atomic E-state index is 10.8. The van der Waals surface area contributed by atoms with Crippen LogP contribution < -0.4 is 4.74 Å². The van der Waals surface area contributed by atoms with E-state index in [0.29, 0.717) is 12.5 Å². The molecule has 0 aliphatic heterocycles. The molecular weight excluding hydrogens is 240 g/mol. The molecule has 1 heterocycles. The standard InChI is InChI=1S/C11H12N2O5/c14-11(15)8-5-9(13(16)17)10(12-6-8)18-4-3-7-1-2-7/h5-7H,1-4H2,(H,14,15). The van der Waals surface area contributed by atoms with E-state index in [9.17, 15) is 14.9 Å². The van der Waals surface area contributed by atoms with E-state index >= 15 is 0 Å². The quantitative estimate of drug-likeness (QED) is 0.612. The predicted molar refractivity (Wildman–Crippen MR) is 60.7 cm³/mol. The number of carboxylic acid groups (broad SMARTS) is 1. The van der Waals surface area contributed by atoms with Crippen LogP contribution in [0.25, 0.3) is 0 Å². The van der Waals surface area contributed by atoms with Crippen LogP contribution in [0.3, 0.4) is 0 Å². The summed E-state index contributed by atoms with van der Waals surface area (Å²) in [5.74, 6) is -0.719. The molecule has 2 rings (SSSR count). The van der Waals surface area contributed by atoms with Crippen LogP contribution in [0.1, 0.15) is 29.6 Å². The molecule has 0 aromatic carbocycles.